The molecule has 0 unspecified atom stereocenters. The van der Waals surface area contributed by atoms with E-state index in [0.717, 1.165) is 5.39 Å². The first-order valence-corrected chi connectivity index (χ1v) is 8.19. The van der Waals surface area contributed by atoms with Gasteiger partial charge in [0.2, 0.25) is 0 Å². The third-order valence-corrected chi connectivity index (χ3v) is 3.90. The van der Waals surface area contributed by atoms with Gasteiger partial charge in [-0.3, -0.25) is 9.78 Å². The van der Waals surface area contributed by atoms with Gasteiger partial charge in [-0.2, -0.15) is 0 Å². The smallest absolute Gasteiger partial charge is 0.274 e. The number of hydrogen-bond acceptors (Lipinski definition) is 5. The maximum Gasteiger partial charge on any atom is 0.274 e. The molecule has 0 saturated heterocycles. The zero-order chi connectivity index (χ0) is 18.6. The Kier molecular flexibility index (Phi) is 4.40. The molecule has 0 radical (unpaired) electrons. The maximum absolute atomic E-state index is 13.0. The molecule has 7 heteroatoms. The van der Waals surface area contributed by atoms with E-state index in [-0.39, 0.29) is 17.4 Å². The number of halogens is 1. The van der Waals surface area contributed by atoms with Crippen LogP contribution in [0.3, 0.4) is 0 Å². The van der Waals surface area contributed by atoms with Gasteiger partial charge >= 0.3 is 0 Å². The molecule has 0 aliphatic heterocycles. The zero-order valence-corrected chi connectivity index (χ0v) is 14.1. The molecule has 0 spiro atoms. The van der Waals surface area contributed by atoms with Crippen LogP contribution in [-0.4, -0.2) is 20.9 Å². The molecule has 4 aromatic rings. The summed E-state index contributed by atoms with van der Waals surface area (Å²) in [5.41, 5.74) is 2.15. The number of amides is 1. The molecule has 2 N–H and O–H groups in total. The highest BCUT2D eigenvalue weighted by atomic mass is 19.1. The van der Waals surface area contributed by atoms with Crippen molar-refractivity contribution in [3.63, 3.8) is 0 Å². The average molecular weight is 359 g/mol. The van der Waals surface area contributed by atoms with Crippen molar-refractivity contribution in [2.24, 2.45) is 0 Å². The maximum atomic E-state index is 13.0. The fraction of sp³-hybridized carbons (Fsp3) is 0. The SMILES string of the molecule is O=C(Nc1cccc2cccnc12)c1cc(Nc2ccc(F)cc2)ncn1. The van der Waals surface area contributed by atoms with Crippen LogP contribution < -0.4 is 10.6 Å². The van der Waals surface area contributed by atoms with Gasteiger partial charge in [0.1, 0.15) is 23.7 Å². The Labute approximate surface area is 154 Å². The Morgan fingerprint density at radius 1 is 0.926 bits per heavy atom. The quantitative estimate of drug-likeness (QED) is 0.572. The van der Waals surface area contributed by atoms with Gasteiger partial charge in [0, 0.05) is 23.3 Å². The van der Waals surface area contributed by atoms with Crippen molar-refractivity contribution >= 4 is 34.0 Å². The summed E-state index contributed by atoms with van der Waals surface area (Å²) in [5, 5.41) is 6.77. The van der Waals surface area contributed by atoms with Gasteiger partial charge in [0.05, 0.1) is 11.2 Å². The van der Waals surface area contributed by atoms with Gasteiger partial charge in [-0.05, 0) is 36.4 Å². The molecule has 0 bridgehead atoms. The molecular formula is C20H14FN5O. The number of nitrogens with one attached hydrogen (secondary N) is 2. The number of fused-ring (bicyclic) bond motifs is 1. The summed E-state index contributed by atoms with van der Waals surface area (Å²) < 4.78 is 13.0. The number of anilines is 3. The summed E-state index contributed by atoms with van der Waals surface area (Å²) in [5.74, 6) is -0.275. The van der Waals surface area contributed by atoms with E-state index in [0.29, 0.717) is 22.7 Å². The molecule has 2 aromatic carbocycles. The van der Waals surface area contributed by atoms with Gasteiger partial charge in [-0.1, -0.05) is 18.2 Å². The molecule has 0 aliphatic rings. The molecule has 4 rings (SSSR count). The van der Waals surface area contributed by atoms with Gasteiger partial charge < -0.3 is 10.6 Å². The molecular weight excluding hydrogens is 345 g/mol. The van der Waals surface area contributed by atoms with E-state index in [4.69, 9.17) is 0 Å². The van der Waals surface area contributed by atoms with E-state index >= 15 is 0 Å². The number of rotatable bonds is 4. The lowest BCUT2D eigenvalue weighted by Gasteiger charge is -2.09. The summed E-state index contributed by atoms with van der Waals surface area (Å²) in [6.07, 6.45) is 2.97. The number of aromatic nitrogens is 3. The lowest BCUT2D eigenvalue weighted by molar-refractivity contribution is 0.102. The molecule has 0 fully saturated rings. The number of nitrogens with zero attached hydrogens (tertiary/aromatic N) is 3. The Balaban J connectivity index is 1.56. The first-order valence-electron chi connectivity index (χ1n) is 8.19. The van der Waals surface area contributed by atoms with Crippen LogP contribution >= 0.6 is 0 Å². The molecule has 6 nitrogen and oxygen atoms in total. The van der Waals surface area contributed by atoms with Crippen molar-refractivity contribution in [3.8, 4) is 0 Å². The minimum atomic E-state index is -0.377. The third-order valence-electron chi connectivity index (χ3n) is 3.90. The van der Waals surface area contributed by atoms with Crippen molar-refractivity contribution in [2.75, 3.05) is 10.6 Å². The van der Waals surface area contributed by atoms with E-state index in [1.807, 2.05) is 24.3 Å². The van der Waals surface area contributed by atoms with Crippen molar-refractivity contribution < 1.29 is 9.18 Å². The van der Waals surface area contributed by atoms with Gasteiger partial charge in [0.25, 0.3) is 5.91 Å². The molecule has 2 heterocycles. The number of carbonyl (C=O) groups is 1. The second-order valence-corrected chi connectivity index (χ2v) is 5.76. The average Bonchev–Trinajstić information content (AvgIpc) is 2.70. The minimum absolute atomic E-state index is 0.197. The highest BCUT2D eigenvalue weighted by molar-refractivity contribution is 6.07. The molecule has 27 heavy (non-hydrogen) atoms. The van der Waals surface area contributed by atoms with Crippen LogP contribution in [0.1, 0.15) is 10.5 Å². The van der Waals surface area contributed by atoms with Crippen LogP contribution in [0.4, 0.5) is 21.6 Å². The number of para-hydroxylation sites is 1. The van der Waals surface area contributed by atoms with Crippen molar-refractivity contribution in [1.82, 2.24) is 15.0 Å². The molecule has 2 aromatic heterocycles. The predicted molar refractivity (Wildman–Crippen MR) is 101 cm³/mol. The normalized spacial score (nSPS) is 10.6. The van der Waals surface area contributed by atoms with E-state index in [1.54, 1.807) is 24.4 Å². The van der Waals surface area contributed by atoms with E-state index in [1.165, 1.54) is 24.5 Å². The standard InChI is InChI=1S/C20H14FN5O/c21-14-6-8-15(9-7-14)25-18-11-17(23-12-24-18)20(27)26-16-5-1-3-13-4-2-10-22-19(13)16/h1-12H,(H,26,27)(H,23,24,25). The second kappa shape index (κ2) is 7.17. The Morgan fingerprint density at radius 2 is 1.74 bits per heavy atom. The first-order chi connectivity index (χ1) is 13.2. The third kappa shape index (κ3) is 3.72. The summed E-state index contributed by atoms with van der Waals surface area (Å²) in [6, 6.07) is 16.7. The fourth-order valence-corrected chi connectivity index (χ4v) is 2.62. The van der Waals surface area contributed by atoms with Crippen molar-refractivity contribution in [1.29, 1.82) is 0 Å². The van der Waals surface area contributed by atoms with E-state index < -0.39 is 0 Å². The topological polar surface area (TPSA) is 79.8 Å². The van der Waals surface area contributed by atoms with Crippen molar-refractivity contribution in [2.45, 2.75) is 0 Å². The number of benzene rings is 2. The Morgan fingerprint density at radius 3 is 2.59 bits per heavy atom. The highest BCUT2D eigenvalue weighted by Gasteiger charge is 2.11. The molecule has 1 amide bonds. The van der Waals surface area contributed by atoms with Crippen LogP contribution in [0.15, 0.2) is 73.2 Å². The second-order valence-electron chi connectivity index (χ2n) is 5.76. The minimum Gasteiger partial charge on any atom is -0.340 e. The summed E-state index contributed by atoms with van der Waals surface area (Å²) in [6.45, 7) is 0. The van der Waals surface area contributed by atoms with Gasteiger partial charge in [-0.25, -0.2) is 14.4 Å². The summed E-state index contributed by atoms with van der Waals surface area (Å²) >= 11 is 0. The van der Waals surface area contributed by atoms with E-state index in [9.17, 15) is 9.18 Å². The Hall–Kier alpha value is -3.87. The molecule has 0 aliphatic carbocycles. The summed E-state index contributed by atoms with van der Waals surface area (Å²) in [4.78, 5) is 25.0. The number of hydrogen-bond donors (Lipinski definition) is 2. The lowest BCUT2D eigenvalue weighted by atomic mass is 10.2. The number of carbonyl (C=O) groups excluding carboxylic acids is 1. The van der Waals surface area contributed by atoms with E-state index in [2.05, 4.69) is 25.6 Å². The van der Waals surface area contributed by atoms with Crippen LogP contribution in [0.2, 0.25) is 0 Å². The number of pyridine rings is 1. The molecule has 0 atom stereocenters. The van der Waals surface area contributed by atoms with Crippen LogP contribution in [0.25, 0.3) is 10.9 Å². The monoisotopic (exact) mass is 359 g/mol. The van der Waals surface area contributed by atoms with Crippen LogP contribution in [0, 0.1) is 5.82 Å². The van der Waals surface area contributed by atoms with Crippen LogP contribution in [-0.2, 0) is 0 Å². The van der Waals surface area contributed by atoms with Gasteiger partial charge in [0.15, 0.2) is 0 Å². The first kappa shape index (κ1) is 16.6. The van der Waals surface area contributed by atoms with Crippen LogP contribution in [0.5, 0.6) is 0 Å². The Bertz CT molecular complexity index is 1110. The fourth-order valence-electron chi connectivity index (χ4n) is 2.62. The highest BCUT2D eigenvalue weighted by Crippen LogP contribution is 2.21. The largest absolute Gasteiger partial charge is 0.340 e. The van der Waals surface area contributed by atoms with Gasteiger partial charge in [-0.15, -0.1) is 0 Å². The summed E-state index contributed by atoms with van der Waals surface area (Å²) in [7, 11) is 0. The lowest BCUT2D eigenvalue weighted by Crippen LogP contribution is -2.14. The zero-order valence-electron chi connectivity index (χ0n) is 14.1. The molecule has 0 saturated carbocycles. The predicted octanol–water partition coefficient (Wildman–Crippen LogP) is 4.16. The van der Waals surface area contributed by atoms with Crippen molar-refractivity contribution in [3.05, 3.63) is 84.7 Å². The molecule has 132 valence electrons.